The zero-order valence-electron chi connectivity index (χ0n) is 19.6. The number of para-hydroxylation sites is 1. The third kappa shape index (κ3) is 4.14. The molecule has 0 N–H and O–H groups in total. The third-order valence-corrected chi connectivity index (χ3v) is 6.40. The molecule has 1 fully saturated rings. The van der Waals surface area contributed by atoms with Gasteiger partial charge in [-0.1, -0.05) is 18.2 Å². The van der Waals surface area contributed by atoms with E-state index in [0.717, 1.165) is 53.2 Å². The summed E-state index contributed by atoms with van der Waals surface area (Å²) in [5.74, 6) is 0.0635. The number of fused-ring (bicyclic) bond motifs is 1. The minimum absolute atomic E-state index is 0.0635. The maximum Gasteiger partial charge on any atom is 0.254 e. The predicted molar refractivity (Wildman–Crippen MR) is 128 cm³/mol. The third-order valence-electron chi connectivity index (χ3n) is 6.40. The number of amides is 1. The average Bonchev–Trinajstić information content (AvgIpc) is 3.31. The molecular weight excluding hydrogens is 414 g/mol. The predicted octanol–water partition coefficient (Wildman–Crippen LogP) is 2.94. The highest BCUT2D eigenvalue weighted by Crippen LogP contribution is 2.27. The molecule has 170 valence electrons. The number of nitrogens with zero attached hydrogens (tertiary/aromatic N) is 7. The molecule has 0 spiro atoms. The summed E-state index contributed by atoms with van der Waals surface area (Å²) in [5.41, 5.74) is 6.48. The van der Waals surface area contributed by atoms with E-state index in [2.05, 4.69) is 21.3 Å². The van der Waals surface area contributed by atoms with Crippen LogP contribution in [0.1, 0.15) is 27.3 Å². The number of aryl methyl sites for hydroxylation is 4. The van der Waals surface area contributed by atoms with Crippen LogP contribution >= 0.6 is 0 Å². The van der Waals surface area contributed by atoms with Crippen LogP contribution in [0.2, 0.25) is 0 Å². The van der Waals surface area contributed by atoms with E-state index in [1.54, 1.807) is 4.68 Å². The number of hydrogen-bond donors (Lipinski definition) is 0. The lowest BCUT2D eigenvalue weighted by Crippen LogP contribution is -2.48. The highest BCUT2D eigenvalue weighted by molar-refractivity contribution is 6.07. The van der Waals surface area contributed by atoms with Gasteiger partial charge in [0.25, 0.3) is 5.91 Å². The summed E-state index contributed by atoms with van der Waals surface area (Å²) in [5, 5.41) is 9.78. The Labute approximate surface area is 193 Å². The summed E-state index contributed by atoms with van der Waals surface area (Å²) in [6.45, 7) is 7.98. The lowest BCUT2D eigenvalue weighted by molar-refractivity contribution is 0.0630. The van der Waals surface area contributed by atoms with E-state index in [-0.39, 0.29) is 5.91 Å². The quantitative estimate of drug-likeness (QED) is 0.485. The van der Waals surface area contributed by atoms with Gasteiger partial charge in [0, 0.05) is 75.7 Å². The second-order valence-corrected chi connectivity index (χ2v) is 8.86. The molecule has 0 saturated carbocycles. The Morgan fingerprint density at radius 3 is 2.30 bits per heavy atom. The summed E-state index contributed by atoms with van der Waals surface area (Å²) in [4.78, 5) is 22.9. The first-order chi connectivity index (χ1) is 15.9. The number of pyridine rings is 1. The Kier molecular flexibility index (Phi) is 5.46. The van der Waals surface area contributed by atoms with Crippen LogP contribution in [0.3, 0.4) is 0 Å². The minimum Gasteiger partial charge on any atom is -0.336 e. The summed E-state index contributed by atoms with van der Waals surface area (Å²) < 4.78 is 3.65. The van der Waals surface area contributed by atoms with Crippen molar-refractivity contribution in [2.24, 2.45) is 14.1 Å². The Balaban J connectivity index is 1.39. The van der Waals surface area contributed by atoms with Gasteiger partial charge >= 0.3 is 0 Å². The van der Waals surface area contributed by atoms with E-state index in [1.165, 1.54) is 5.56 Å². The molecule has 33 heavy (non-hydrogen) atoms. The lowest BCUT2D eigenvalue weighted by Gasteiger charge is -2.35. The fourth-order valence-electron chi connectivity index (χ4n) is 4.67. The van der Waals surface area contributed by atoms with Crippen LogP contribution in [0, 0.1) is 13.8 Å². The van der Waals surface area contributed by atoms with Crippen molar-refractivity contribution in [2.45, 2.75) is 20.4 Å². The first-order valence-electron chi connectivity index (χ1n) is 11.3. The number of hydrogen-bond acceptors (Lipinski definition) is 5. The fraction of sp³-hybridized carbons (Fsp3) is 0.360. The van der Waals surface area contributed by atoms with Crippen molar-refractivity contribution in [2.75, 3.05) is 26.2 Å². The largest absolute Gasteiger partial charge is 0.336 e. The molecule has 1 amide bonds. The summed E-state index contributed by atoms with van der Waals surface area (Å²) in [6, 6.07) is 9.80. The SMILES string of the molecule is Cc1nn(C)cc1CN1CCN(C(=O)c2cc(-c3cn(C)nc3C)nc3ccccc23)CC1. The second kappa shape index (κ2) is 8.44. The number of carbonyl (C=O) groups excluding carboxylic acids is 1. The van der Waals surface area contributed by atoms with Crippen molar-refractivity contribution < 1.29 is 4.79 Å². The van der Waals surface area contributed by atoms with Crippen LogP contribution in [0.5, 0.6) is 0 Å². The molecule has 1 saturated heterocycles. The van der Waals surface area contributed by atoms with E-state index in [0.29, 0.717) is 18.7 Å². The first kappa shape index (κ1) is 21.3. The molecule has 0 bridgehead atoms. The molecule has 1 aromatic carbocycles. The number of aromatic nitrogens is 5. The van der Waals surface area contributed by atoms with Crippen LogP contribution in [-0.2, 0) is 20.6 Å². The van der Waals surface area contributed by atoms with Gasteiger partial charge in [-0.25, -0.2) is 4.98 Å². The van der Waals surface area contributed by atoms with Gasteiger partial charge in [0.15, 0.2) is 0 Å². The highest BCUT2D eigenvalue weighted by atomic mass is 16.2. The van der Waals surface area contributed by atoms with E-state index < -0.39 is 0 Å². The molecule has 1 aliphatic rings. The van der Waals surface area contributed by atoms with Gasteiger partial charge < -0.3 is 4.90 Å². The first-order valence-corrected chi connectivity index (χ1v) is 11.3. The molecule has 0 radical (unpaired) electrons. The molecular formula is C25H29N7O. The van der Waals surface area contributed by atoms with Crippen molar-refractivity contribution in [3.63, 3.8) is 0 Å². The van der Waals surface area contributed by atoms with Gasteiger partial charge in [0.2, 0.25) is 0 Å². The maximum atomic E-state index is 13.7. The molecule has 0 atom stereocenters. The van der Waals surface area contributed by atoms with Crippen molar-refractivity contribution >= 4 is 16.8 Å². The van der Waals surface area contributed by atoms with Gasteiger partial charge in [-0.05, 0) is 26.0 Å². The topological polar surface area (TPSA) is 72.1 Å². The molecule has 0 unspecified atom stereocenters. The van der Waals surface area contributed by atoms with Crippen molar-refractivity contribution in [3.05, 3.63) is 65.2 Å². The van der Waals surface area contributed by atoms with E-state index in [9.17, 15) is 4.79 Å². The maximum absolute atomic E-state index is 13.7. The summed E-state index contributed by atoms with van der Waals surface area (Å²) in [7, 11) is 3.85. The highest BCUT2D eigenvalue weighted by Gasteiger charge is 2.25. The fourth-order valence-corrected chi connectivity index (χ4v) is 4.67. The smallest absolute Gasteiger partial charge is 0.254 e. The van der Waals surface area contributed by atoms with Crippen molar-refractivity contribution in [3.8, 4) is 11.3 Å². The molecule has 8 heteroatoms. The van der Waals surface area contributed by atoms with Crippen molar-refractivity contribution in [1.29, 1.82) is 0 Å². The Morgan fingerprint density at radius 1 is 0.939 bits per heavy atom. The Bertz CT molecular complexity index is 1330. The van der Waals surface area contributed by atoms with E-state index >= 15 is 0 Å². The second-order valence-electron chi connectivity index (χ2n) is 8.86. The Hall–Kier alpha value is -3.52. The van der Waals surface area contributed by atoms with Crippen LogP contribution in [0.15, 0.2) is 42.7 Å². The molecule has 0 aliphatic carbocycles. The zero-order valence-corrected chi connectivity index (χ0v) is 19.6. The average molecular weight is 444 g/mol. The lowest BCUT2D eigenvalue weighted by atomic mass is 10.0. The van der Waals surface area contributed by atoms with Crippen LogP contribution in [0.25, 0.3) is 22.2 Å². The Morgan fingerprint density at radius 2 is 1.64 bits per heavy atom. The van der Waals surface area contributed by atoms with E-state index in [1.807, 2.05) is 74.1 Å². The van der Waals surface area contributed by atoms with Crippen LogP contribution in [0.4, 0.5) is 0 Å². The van der Waals surface area contributed by atoms with Crippen molar-refractivity contribution in [1.82, 2.24) is 34.3 Å². The summed E-state index contributed by atoms with van der Waals surface area (Å²) in [6.07, 6.45) is 4.04. The molecule has 5 rings (SSSR count). The van der Waals surface area contributed by atoms with Gasteiger partial charge in [0.05, 0.1) is 28.2 Å². The van der Waals surface area contributed by atoms with E-state index in [4.69, 9.17) is 4.98 Å². The molecule has 1 aliphatic heterocycles. The monoisotopic (exact) mass is 443 g/mol. The molecule has 3 aromatic heterocycles. The number of rotatable bonds is 4. The molecule has 4 aromatic rings. The minimum atomic E-state index is 0.0635. The normalized spacial score (nSPS) is 14.8. The molecule has 4 heterocycles. The number of piperazine rings is 1. The van der Waals surface area contributed by atoms with Gasteiger partial charge in [-0.2, -0.15) is 10.2 Å². The van der Waals surface area contributed by atoms with Gasteiger partial charge in [0.1, 0.15) is 0 Å². The standard InChI is InChI=1S/C25H29N7O/c1-17-19(14-29(3)27-17)15-31-9-11-32(12-10-31)25(33)21-13-24(22-16-30(4)28-18(22)2)26-23-8-6-5-7-20(21)23/h5-8,13-14,16H,9-12,15H2,1-4H3. The van der Waals surface area contributed by atoms with Gasteiger partial charge in [-0.15, -0.1) is 0 Å². The number of benzene rings is 1. The van der Waals surface area contributed by atoms with Crippen LogP contribution < -0.4 is 0 Å². The number of carbonyl (C=O) groups is 1. The molecule has 8 nitrogen and oxygen atoms in total. The van der Waals surface area contributed by atoms with Crippen LogP contribution in [-0.4, -0.2) is 66.4 Å². The summed E-state index contributed by atoms with van der Waals surface area (Å²) >= 11 is 0. The zero-order chi connectivity index (χ0) is 23.1. The van der Waals surface area contributed by atoms with Gasteiger partial charge in [-0.3, -0.25) is 19.1 Å².